The Labute approximate surface area is 89.6 Å². The van der Waals surface area contributed by atoms with Crippen LogP contribution in [0.15, 0.2) is 42.7 Å². The molecule has 15 heavy (non-hydrogen) atoms. The Morgan fingerprint density at radius 1 is 1.20 bits per heavy atom. The molecule has 1 heterocycles. The lowest BCUT2D eigenvalue weighted by Crippen LogP contribution is -1.89. The number of pyridine rings is 1. The Balaban J connectivity index is 2.56. The molecule has 0 bridgehead atoms. The van der Waals surface area contributed by atoms with Crippen molar-refractivity contribution in [3.63, 3.8) is 0 Å². The summed E-state index contributed by atoms with van der Waals surface area (Å²) >= 11 is 0. The highest BCUT2D eigenvalue weighted by atomic mass is 16.5. The SMILES string of the molecule is COc1ccc(C)cc1-c1cccnc1. The number of methoxy groups -OCH3 is 1. The van der Waals surface area contributed by atoms with E-state index in [1.807, 2.05) is 30.5 Å². The summed E-state index contributed by atoms with van der Waals surface area (Å²) in [6.45, 7) is 2.07. The van der Waals surface area contributed by atoms with Gasteiger partial charge >= 0.3 is 0 Å². The third-order valence-electron chi connectivity index (χ3n) is 2.33. The van der Waals surface area contributed by atoms with Gasteiger partial charge in [-0.15, -0.1) is 0 Å². The van der Waals surface area contributed by atoms with Gasteiger partial charge in [0.1, 0.15) is 5.75 Å². The molecule has 1 aromatic carbocycles. The van der Waals surface area contributed by atoms with Crippen molar-refractivity contribution in [2.75, 3.05) is 7.11 Å². The van der Waals surface area contributed by atoms with E-state index in [1.165, 1.54) is 5.56 Å². The van der Waals surface area contributed by atoms with Crippen LogP contribution in [0.3, 0.4) is 0 Å². The van der Waals surface area contributed by atoms with Gasteiger partial charge in [-0.2, -0.15) is 0 Å². The molecular weight excluding hydrogens is 186 g/mol. The fraction of sp³-hybridized carbons (Fsp3) is 0.154. The zero-order valence-corrected chi connectivity index (χ0v) is 8.90. The molecule has 2 aromatic rings. The Hall–Kier alpha value is -1.83. The second-order valence-electron chi connectivity index (χ2n) is 3.45. The molecule has 0 aliphatic rings. The van der Waals surface area contributed by atoms with Crippen molar-refractivity contribution in [3.05, 3.63) is 48.3 Å². The number of aromatic nitrogens is 1. The summed E-state index contributed by atoms with van der Waals surface area (Å²) < 4.78 is 5.33. The van der Waals surface area contributed by atoms with Gasteiger partial charge in [0.15, 0.2) is 0 Å². The molecule has 0 radical (unpaired) electrons. The third-order valence-corrected chi connectivity index (χ3v) is 2.33. The predicted molar refractivity (Wildman–Crippen MR) is 61.0 cm³/mol. The number of hydrogen-bond donors (Lipinski definition) is 0. The van der Waals surface area contributed by atoms with Crippen LogP contribution in [0.2, 0.25) is 0 Å². The zero-order chi connectivity index (χ0) is 10.7. The monoisotopic (exact) mass is 199 g/mol. The number of ether oxygens (including phenoxy) is 1. The largest absolute Gasteiger partial charge is 0.496 e. The molecule has 2 nitrogen and oxygen atoms in total. The van der Waals surface area contributed by atoms with Crippen LogP contribution in [0.25, 0.3) is 11.1 Å². The number of aryl methyl sites for hydroxylation is 1. The number of hydrogen-bond acceptors (Lipinski definition) is 2. The topological polar surface area (TPSA) is 22.1 Å². The summed E-state index contributed by atoms with van der Waals surface area (Å²) in [4.78, 5) is 4.11. The molecule has 0 aliphatic heterocycles. The van der Waals surface area contributed by atoms with Gasteiger partial charge in [0.2, 0.25) is 0 Å². The summed E-state index contributed by atoms with van der Waals surface area (Å²) in [6.07, 6.45) is 3.61. The molecule has 0 fully saturated rings. The van der Waals surface area contributed by atoms with Crippen LogP contribution in [-0.2, 0) is 0 Å². The fourth-order valence-electron chi connectivity index (χ4n) is 1.57. The highest BCUT2D eigenvalue weighted by Crippen LogP contribution is 2.29. The number of rotatable bonds is 2. The molecular formula is C13H13NO. The van der Waals surface area contributed by atoms with Crippen LogP contribution in [0.4, 0.5) is 0 Å². The van der Waals surface area contributed by atoms with Crippen LogP contribution in [-0.4, -0.2) is 12.1 Å². The molecule has 0 aliphatic carbocycles. The first-order chi connectivity index (χ1) is 7.31. The highest BCUT2D eigenvalue weighted by Gasteiger charge is 2.05. The van der Waals surface area contributed by atoms with Crippen molar-refractivity contribution in [2.45, 2.75) is 6.92 Å². The molecule has 2 heteroatoms. The minimum atomic E-state index is 0.883. The molecule has 0 amide bonds. The number of benzene rings is 1. The molecule has 1 aromatic heterocycles. The lowest BCUT2D eigenvalue weighted by atomic mass is 10.0. The quantitative estimate of drug-likeness (QED) is 0.741. The van der Waals surface area contributed by atoms with Crippen molar-refractivity contribution in [3.8, 4) is 16.9 Å². The molecule has 0 atom stereocenters. The van der Waals surface area contributed by atoms with E-state index in [2.05, 4.69) is 18.0 Å². The maximum atomic E-state index is 5.33. The molecule has 0 spiro atoms. The van der Waals surface area contributed by atoms with Gasteiger partial charge in [0, 0.05) is 23.5 Å². The summed E-state index contributed by atoms with van der Waals surface area (Å²) in [6, 6.07) is 10.1. The van der Waals surface area contributed by atoms with E-state index < -0.39 is 0 Å². The van der Waals surface area contributed by atoms with Gasteiger partial charge in [-0.25, -0.2) is 0 Å². The standard InChI is InChI=1S/C13H13NO/c1-10-5-6-13(15-2)12(8-10)11-4-3-7-14-9-11/h3-9H,1-2H3. The van der Waals surface area contributed by atoms with Gasteiger partial charge in [-0.05, 0) is 25.1 Å². The summed E-state index contributed by atoms with van der Waals surface area (Å²) in [5.74, 6) is 0.883. The highest BCUT2D eigenvalue weighted by molar-refractivity contribution is 5.70. The smallest absolute Gasteiger partial charge is 0.126 e. The van der Waals surface area contributed by atoms with Crippen LogP contribution < -0.4 is 4.74 Å². The van der Waals surface area contributed by atoms with Gasteiger partial charge in [-0.3, -0.25) is 4.98 Å². The van der Waals surface area contributed by atoms with Gasteiger partial charge in [0.25, 0.3) is 0 Å². The third kappa shape index (κ3) is 1.99. The van der Waals surface area contributed by atoms with E-state index in [0.717, 1.165) is 16.9 Å². The minimum Gasteiger partial charge on any atom is -0.496 e. The first-order valence-corrected chi connectivity index (χ1v) is 4.86. The van der Waals surface area contributed by atoms with Crippen molar-refractivity contribution in [1.29, 1.82) is 0 Å². The van der Waals surface area contributed by atoms with Crippen LogP contribution in [0, 0.1) is 6.92 Å². The molecule has 0 N–H and O–H groups in total. The molecule has 0 saturated carbocycles. The molecule has 0 saturated heterocycles. The van der Waals surface area contributed by atoms with E-state index in [0.29, 0.717) is 0 Å². The van der Waals surface area contributed by atoms with E-state index in [9.17, 15) is 0 Å². The summed E-state index contributed by atoms with van der Waals surface area (Å²) in [7, 11) is 1.69. The molecule has 0 unspecified atom stereocenters. The second kappa shape index (κ2) is 4.13. The van der Waals surface area contributed by atoms with E-state index >= 15 is 0 Å². The molecule has 2 rings (SSSR count). The molecule has 76 valence electrons. The average molecular weight is 199 g/mol. The van der Waals surface area contributed by atoms with E-state index in [-0.39, 0.29) is 0 Å². The summed E-state index contributed by atoms with van der Waals surface area (Å²) in [5.41, 5.74) is 3.39. The Bertz CT molecular complexity index is 451. The second-order valence-corrected chi connectivity index (χ2v) is 3.45. The normalized spacial score (nSPS) is 10.0. The van der Waals surface area contributed by atoms with Crippen molar-refractivity contribution in [1.82, 2.24) is 4.98 Å². The van der Waals surface area contributed by atoms with Gasteiger partial charge in [0.05, 0.1) is 7.11 Å². The lowest BCUT2D eigenvalue weighted by Gasteiger charge is -2.08. The average Bonchev–Trinajstić information content (AvgIpc) is 2.30. The Morgan fingerprint density at radius 2 is 2.07 bits per heavy atom. The summed E-state index contributed by atoms with van der Waals surface area (Å²) in [5, 5.41) is 0. The lowest BCUT2D eigenvalue weighted by molar-refractivity contribution is 0.416. The maximum absolute atomic E-state index is 5.33. The van der Waals surface area contributed by atoms with Crippen molar-refractivity contribution >= 4 is 0 Å². The van der Waals surface area contributed by atoms with Crippen molar-refractivity contribution < 1.29 is 4.74 Å². The predicted octanol–water partition coefficient (Wildman–Crippen LogP) is 3.07. The Kier molecular flexibility index (Phi) is 2.68. The van der Waals surface area contributed by atoms with E-state index in [4.69, 9.17) is 4.74 Å². The van der Waals surface area contributed by atoms with Gasteiger partial charge < -0.3 is 4.74 Å². The first-order valence-electron chi connectivity index (χ1n) is 4.86. The van der Waals surface area contributed by atoms with Gasteiger partial charge in [-0.1, -0.05) is 17.7 Å². The Morgan fingerprint density at radius 3 is 2.73 bits per heavy atom. The fourth-order valence-corrected chi connectivity index (χ4v) is 1.57. The van der Waals surface area contributed by atoms with Crippen LogP contribution in [0.1, 0.15) is 5.56 Å². The van der Waals surface area contributed by atoms with Crippen LogP contribution in [0.5, 0.6) is 5.75 Å². The van der Waals surface area contributed by atoms with E-state index in [1.54, 1.807) is 13.3 Å². The maximum Gasteiger partial charge on any atom is 0.126 e. The zero-order valence-electron chi connectivity index (χ0n) is 8.90. The van der Waals surface area contributed by atoms with Crippen molar-refractivity contribution in [2.24, 2.45) is 0 Å². The number of nitrogens with zero attached hydrogens (tertiary/aromatic N) is 1. The van der Waals surface area contributed by atoms with Crippen LogP contribution >= 0.6 is 0 Å². The first kappa shape index (κ1) is 9.71. The minimum absolute atomic E-state index is 0.883.